The van der Waals surface area contributed by atoms with Crippen molar-refractivity contribution in [2.75, 3.05) is 26.2 Å². The molecular weight excluding hydrogens is 244 g/mol. The van der Waals surface area contributed by atoms with Gasteiger partial charge in [-0.1, -0.05) is 13.3 Å². The van der Waals surface area contributed by atoms with E-state index in [0.29, 0.717) is 26.0 Å². The molecule has 0 aromatic rings. The van der Waals surface area contributed by atoms with Crippen LogP contribution in [0.15, 0.2) is 0 Å². The molecule has 19 heavy (non-hydrogen) atoms. The molecule has 1 amide bonds. The Morgan fingerprint density at radius 3 is 2.79 bits per heavy atom. The monoisotopic (exact) mass is 272 g/mol. The van der Waals surface area contributed by atoms with Gasteiger partial charge in [-0.15, -0.1) is 0 Å². The second-order valence-corrected chi connectivity index (χ2v) is 5.59. The molecule has 0 bridgehead atoms. The lowest BCUT2D eigenvalue weighted by Crippen LogP contribution is -2.41. The molecule has 5 heteroatoms. The summed E-state index contributed by atoms with van der Waals surface area (Å²) in [5, 5.41) is 16.0. The first-order valence-corrected chi connectivity index (χ1v) is 7.35. The summed E-state index contributed by atoms with van der Waals surface area (Å²) in [6, 6.07) is 0. The average molecular weight is 272 g/mol. The van der Waals surface area contributed by atoms with Gasteiger partial charge in [0, 0.05) is 13.0 Å². The summed E-state index contributed by atoms with van der Waals surface area (Å²) in [5.41, 5.74) is -0.805. The van der Waals surface area contributed by atoms with Crippen LogP contribution in [0.4, 0.5) is 0 Å². The van der Waals surface area contributed by atoms with Crippen LogP contribution in [0, 0.1) is 0 Å². The van der Waals surface area contributed by atoms with E-state index in [1.54, 1.807) is 6.92 Å². The molecule has 5 nitrogen and oxygen atoms in total. The van der Waals surface area contributed by atoms with Crippen molar-refractivity contribution < 1.29 is 14.6 Å². The molecular formula is C14H28N2O3. The van der Waals surface area contributed by atoms with Gasteiger partial charge in [0.2, 0.25) is 5.91 Å². The third-order valence-electron chi connectivity index (χ3n) is 3.42. The van der Waals surface area contributed by atoms with Crippen molar-refractivity contribution in [3.05, 3.63) is 0 Å². The van der Waals surface area contributed by atoms with E-state index in [-0.39, 0.29) is 12.0 Å². The summed E-state index contributed by atoms with van der Waals surface area (Å²) in [6.45, 7) is 6.54. The summed E-state index contributed by atoms with van der Waals surface area (Å²) < 4.78 is 5.67. The van der Waals surface area contributed by atoms with Crippen molar-refractivity contribution in [1.82, 2.24) is 10.6 Å². The van der Waals surface area contributed by atoms with E-state index in [9.17, 15) is 9.90 Å². The van der Waals surface area contributed by atoms with Crippen LogP contribution in [0.1, 0.15) is 46.0 Å². The second-order valence-electron chi connectivity index (χ2n) is 5.59. The third kappa shape index (κ3) is 7.50. The van der Waals surface area contributed by atoms with Gasteiger partial charge in [0.15, 0.2) is 0 Å². The molecule has 0 aromatic heterocycles. The van der Waals surface area contributed by atoms with Gasteiger partial charge in [0.25, 0.3) is 0 Å². The minimum atomic E-state index is -0.805. The first kappa shape index (κ1) is 16.4. The van der Waals surface area contributed by atoms with Gasteiger partial charge >= 0.3 is 0 Å². The summed E-state index contributed by atoms with van der Waals surface area (Å²) in [7, 11) is 0. The Labute approximate surface area is 116 Å². The quantitative estimate of drug-likeness (QED) is 0.611. The molecule has 0 aliphatic carbocycles. The number of aliphatic hydroxyl groups is 1. The van der Waals surface area contributed by atoms with Gasteiger partial charge in [0.1, 0.15) is 0 Å². The molecule has 0 aromatic carbocycles. The van der Waals surface area contributed by atoms with Crippen LogP contribution < -0.4 is 10.6 Å². The number of carbonyl (C=O) groups excluding carboxylic acids is 1. The van der Waals surface area contributed by atoms with E-state index in [2.05, 4.69) is 10.6 Å². The number of ether oxygens (including phenoxy) is 1. The molecule has 1 aliphatic heterocycles. The highest BCUT2D eigenvalue weighted by molar-refractivity contribution is 5.76. The fraction of sp³-hybridized carbons (Fsp3) is 0.929. The first-order chi connectivity index (χ1) is 9.03. The Kier molecular flexibility index (Phi) is 7.34. The maximum absolute atomic E-state index is 11.6. The van der Waals surface area contributed by atoms with E-state index in [1.807, 2.05) is 6.92 Å². The van der Waals surface area contributed by atoms with E-state index in [1.165, 1.54) is 0 Å². The molecule has 1 fully saturated rings. The van der Waals surface area contributed by atoms with Crippen LogP contribution in [-0.2, 0) is 9.53 Å². The largest absolute Gasteiger partial charge is 0.388 e. The second kappa shape index (κ2) is 8.51. The maximum Gasteiger partial charge on any atom is 0.222 e. The Bertz CT molecular complexity index is 263. The standard InChI is InChI=1S/C14H28N2O3/c1-3-7-14(2,18)11-16-13(17)6-10-19-12-4-8-15-9-5-12/h12,15,18H,3-11H2,1-2H3,(H,16,17). The molecule has 3 N–H and O–H groups in total. The Morgan fingerprint density at radius 2 is 2.16 bits per heavy atom. The van der Waals surface area contributed by atoms with Gasteiger partial charge in [-0.05, 0) is 39.3 Å². The van der Waals surface area contributed by atoms with Crippen LogP contribution in [-0.4, -0.2) is 49.0 Å². The normalized spacial score (nSPS) is 19.9. The van der Waals surface area contributed by atoms with E-state index in [4.69, 9.17) is 4.74 Å². The number of nitrogens with one attached hydrogen (secondary N) is 2. The molecule has 112 valence electrons. The summed E-state index contributed by atoms with van der Waals surface area (Å²) in [6.07, 6.45) is 4.30. The highest BCUT2D eigenvalue weighted by Gasteiger charge is 2.20. The topological polar surface area (TPSA) is 70.6 Å². The number of amides is 1. The Morgan fingerprint density at radius 1 is 1.47 bits per heavy atom. The van der Waals surface area contributed by atoms with Crippen molar-refractivity contribution in [1.29, 1.82) is 0 Å². The smallest absolute Gasteiger partial charge is 0.222 e. The van der Waals surface area contributed by atoms with Crippen molar-refractivity contribution >= 4 is 5.91 Å². The van der Waals surface area contributed by atoms with Crippen LogP contribution in [0.2, 0.25) is 0 Å². The van der Waals surface area contributed by atoms with E-state index in [0.717, 1.165) is 32.4 Å². The zero-order valence-electron chi connectivity index (χ0n) is 12.2. The Hall–Kier alpha value is -0.650. The van der Waals surface area contributed by atoms with Crippen molar-refractivity contribution in [2.45, 2.75) is 57.7 Å². The molecule has 0 spiro atoms. The van der Waals surface area contributed by atoms with Gasteiger partial charge in [-0.25, -0.2) is 0 Å². The highest BCUT2D eigenvalue weighted by Crippen LogP contribution is 2.10. The molecule has 1 aliphatic rings. The Balaban J connectivity index is 2.07. The van der Waals surface area contributed by atoms with E-state index < -0.39 is 5.60 Å². The van der Waals surface area contributed by atoms with Gasteiger partial charge < -0.3 is 20.5 Å². The summed E-state index contributed by atoms with van der Waals surface area (Å²) in [5.74, 6) is -0.0506. The number of hydrogen-bond acceptors (Lipinski definition) is 4. The molecule has 1 atom stereocenters. The van der Waals surface area contributed by atoms with Crippen molar-refractivity contribution in [3.63, 3.8) is 0 Å². The van der Waals surface area contributed by atoms with Crippen molar-refractivity contribution in [3.8, 4) is 0 Å². The fourth-order valence-corrected chi connectivity index (χ4v) is 2.28. The maximum atomic E-state index is 11.6. The number of rotatable bonds is 8. The van der Waals surface area contributed by atoms with Crippen LogP contribution in [0.3, 0.4) is 0 Å². The molecule has 1 heterocycles. The van der Waals surface area contributed by atoms with Gasteiger partial charge in [-0.2, -0.15) is 0 Å². The van der Waals surface area contributed by atoms with Crippen LogP contribution in [0.5, 0.6) is 0 Å². The van der Waals surface area contributed by atoms with E-state index >= 15 is 0 Å². The third-order valence-corrected chi connectivity index (χ3v) is 3.42. The lowest BCUT2D eigenvalue weighted by atomic mass is 10.0. The molecule has 1 saturated heterocycles. The van der Waals surface area contributed by atoms with Crippen LogP contribution in [0.25, 0.3) is 0 Å². The summed E-state index contributed by atoms with van der Waals surface area (Å²) in [4.78, 5) is 11.6. The van der Waals surface area contributed by atoms with Gasteiger partial charge in [0.05, 0.1) is 18.3 Å². The summed E-state index contributed by atoms with van der Waals surface area (Å²) >= 11 is 0. The molecule has 0 radical (unpaired) electrons. The number of piperidine rings is 1. The van der Waals surface area contributed by atoms with Crippen LogP contribution >= 0.6 is 0 Å². The fourth-order valence-electron chi connectivity index (χ4n) is 2.28. The minimum Gasteiger partial charge on any atom is -0.388 e. The molecule has 1 unspecified atom stereocenters. The zero-order chi connectivity index (χ0) is 14.1. The first-order valence-electron chi connectivity index (χ1n) is 7.35. The lowest BCUT2D eigenvalue weighted by molar-refractivity contribution is -0.124. The predicted molar refractivity (Wildman–Crippen MR) is 75.0 cm³/mol. The minimum absolute atomic E-state index is 0.0506. The number of carbonyl (C=O) groups is 1. The molecule has 0 saturated carbocycles. The highest BCUT2D eigenvalue weighted by atomic mass is 16.5. The van der Waals surface area contributed by atoms with Gasteiger partial charge in [-0.3, -0.25) is 4.79 Å². The SMILES string of the molecule is CCCC(C)(O)CNC(=O)CCOC1CCNCC1. The average Bonchev–Trinajstić information content (AvgIpc) is 2.38. The zero-order valence-corrected chi connectivity index (χ0v) is 12.2. The predicted octanol–water partition coefficient (Wildman–Crippen LogP) is 0.812. The molecule has 1 rings (SSSR count). The van der Waals surface area contributed by atoms with Crippen molar-refractivity contribution in [2.24, 2.45) is 0 Å². The lowest BCUT2D eigenvalue weighted by Gasteiger charge is -2.24. The number of hydrogen-bond donors (Lipinski definition) is 3.